The smallest absolute Gasteiger partial charge is 0.418 e. The monoisotopic (exact) mass is 514 g/mol. The maximum atomic E-state index is 13.3. The maximum absolute atomic E-state index is 13.3. The Morgan fingerprint density at radius 1 is 1.14 bits per heavy atom. The number of benzene rings is 1. The molecule has 1 aromatic carbocycles. The van der Waals surface area contributed by atoms with Gasteiger partial charge in [-0.1, -0.05) is 43.5 Å². The molecule has 1 aliphatic carbocycles. The molecule has 0 spiro atoms. The van der Waals surface area contributed by atoms with Crippen molar-refractivity contribution in [3.63, 3.8) is 0 Å². The molecule has 37 heavy (non-hydrogen) atoms. The highest BCUT2D eigenvalue weighted by Crippen LogP contribution is 2.26. The maximum Gasteiger partial charge on any atom is 0.418 e. The van der Waals surface area contributed by atoms with Crippen LogP contribution in [0.25, 0.3) is 11.1 Å². The molecule has 0 unspecified atom stereocenters. The molecule has 1 aromatic heterocycles. The minimum absolute atomic E-state index is 0.0505. The summed E-state index contributed by atoms with van der Waals surface area (Å²) in [5, 5.41) is 9.71. The van der Waals surface area contributed by atoms with Crippen molar-refractivity contribution < 1.29 is 23.1 Å². The predicted octanol–water partition coefficient (Wildman–Crippen LogP) is 5.99. The number of alkyl halides is 2. The zero-order valence-electron chi connectivity index (χ0n) is 21.3. The first kappa shape index (κ1) is 27.8. The van der Waals surface area contributed by atoms with Gasteiger partial charge in [-0.05, 0) is 62.8 Å². The molecule has 3 rings (SSSR count). The Morgan fingerprint density at radius 3 is 2.35 bits per heavy atom. The van der Waals surface area contributed by atoms with Gasteiger partial charge in [0.1, 0.15) is 5.60 Å². The number of ether oxygens (including phenoxy) is 1. The Balaban J connectivity index is 1.72. The number of amides is 3. The number of carbonyl (C=O) groups is 2. The van der Waals surface area contributed by atoms with Crippen LogP contribution < -0.4 is 5.56 Å². The van der Waals surface area contributed by atoms with Crippen LogP contribution in [0, 0.1) is 11.5 Å². The third-order valence-corrected chi connectivity index (χ3v) is 6.17. The lowest BCUT2D eigenvalue weighted by Gasteiger charge is -2.35. The number of nitrogens with one attached hydrogen (secondary N) is 1. The first-order valence-electron chi connectivity index (χ1n) is 12.3. The molecule has 0 saturated heterocycles. The summed E-state index contributed by atoms with van der Waals surface area (Å²) in [4.78, 5) is 42.2. The van der Waals surface area contributed by atoms with E-state index < -0.39 is 35.3 Å². The third kappa shape index (κ3) is 7.38. The Bertz CT molecular complexity index is 1190. The molecule has 0 bridgehead atoms. The first-order chi connectivity index (χ1) is 17.5. The van der Waals surface area contributed by atoms with Crippen molar-refractivity contribution >= 4 is 12.1 Å². The molecule has 0 atom stereocenters. The number of aromatic nitrogens is 1. The van der Waals surface area contributed by atoms with Crippen molar-refractivity contribution in [2.45, 2.75) is 77.4 Å². The Kier molecular flexibility index (Phi) is 9.03. The zero-order valence-corrected chi connectivity index (χ0v) is 21.3. The Labute approximate surface area is 214 Å². The summed E-state index contributed by atoms with van der Waals surface area (Å²) in [5.41, 5.74) is -0.343. The number of hydrogen-bond acceptors (Lipinski definition) is 5. The zero-order chi connectivity index (χ0) is 27.2. The molecule has 2 aromatic rings. The number of carbonyl (C=O) groups excluding carboxylic acids is 2. The summed E-state index contributed by atoms with van der Waals surface area (Å²) in [5.74, 6) is 0. The molecule has 198 valence electrons. The lowest BCUT2D eigenvalue weighted by Crippen LogP contribution is -2.52. The molecular formula is C27H32F2N4O4. The van der Waals surface area contributed by atoms with E-state index in [0.29, 0.717) is 30.4 Å². The van der Waals surface area contributed by atoms with Crippen LogP contribution in [0.2, 0.25) is 0 Å². The molecular weight excluding hydrogens is 482 g/mol. The number of aromatic amines is 1. The molecule has 3 amide bonds. The molecule has 1 N–H and O–H groups in total. The molecule has 1 saturated carbocycles. The lowest BCUT2D eigenvalue weighted by molar-refractivity contribution is 0.0194. The molecule has 0 aliphatic heterocycles. The van der Waals surface area contributed by atoms with Gasteiger partial charge in [0.25, 0.3) is 12.0 Å². The van der Waals surface area contributed by atoms with Gasteiger partial charge in [-0.15, -0.1) is 0 Å². The average molecular weight is 515 g/mol. The molecule has 10 heteroatoms. The Morgan fingerprint density at radius 2 is 1.78 bits per heavy atom. The largest absolute Gasteiger partial charge is 0.443 e. The third-order valence-electron chi connectivity index (χ3n) is 6.17. The number of hydrogen-bond donors (Lipinski definition) is 1. The van der Waals surface area contributed by atoms with Gasteiger partial charge in [0.2, 0.25) is 0 Å². The van der Waals surface area contributed by atoms with E-state index in [4.69, 9.17) is 4.74 Å². The first-order valence-corrected chi connectivity index (χ1v) is 12.3. The fourth-order valence-electron chi connectivity index (χ4n) is 4.29. The fraction of sp³-hybridized carbons (Fsp3) is 0.481. The van der Waals surface area contributed by atoms with Crippen LogP contribution in [0.3, 0.4) is 0 Å². The number of pyridine rings is 1. The van der Waals surface area contributed by atoms with E-state index in [1.165, 1.54) is 6.20 Å². The van der Waals surface area contributed by atoms with Crippen LogP contribution in [0.5, 0.6) is 0 Å². The van der Waals surface area contributed by atoms with E-state index in [2.05, 4.69) is 4.98 Å². The SMILES string of the molecule is CC(C)(C)OC(=O)N(C(=O)N(C#N)CCc1ccc(-c2c[nH]c(=O)c(C(F)F)c2)cc1)C1CCCCC1. The van der Waals surface area contributed by atoms with E-state index >= 15 is 0 Å². The van der Waals surface area contributed by atoms with Crippen LogP contribution in [-0.4, -0.2) is 45.1 Å². The van der Waals surface area contributed by atoms with Gasteiger partial charge < -0.3 is 9.72 Å². The summed E-state index contributed by atoms with van der Waals surface area (Å²) >= 11 is 0. The molecule has 0 radical (unpaired) electrons. The van der Waals surface area contributed by atoms with E-state index in [1.807, 2.05) is 6.19 Å². The van der Waals surface area contributed by atoms with E-state index in [-0.39, 0.29) is 12.6 Å². The van der Waals surface area contributed by atoms with Crippen LogP contribution in [0.15, 0.2) is 41.3 Å². The van der Waals surface area contributed by atoms with E-state index in [9.17, 15) is 28.4 Å². The van der Waals surface area contributed by atoms with Gasteiger partial charge in [0.05, 0.1) is 5.56 Å². The van der Waals surface area contributed by atoms with Gasteiger partial charge >= 0.3 is 12.1 Å². The van der Waals surface area contributed by atoms with Gasteiger partial charge in [-0.3, -0.25) is 4.79 Å². The topological polar surface area (TPSA) is 106 Å². The van der Waals surface area contributed by atoms with Crippen molar-refractivity contribution in [1.29, 1.82) is 5.26 Å². The number of H-pyrrole nitrogens is 1. The van der Waals surface area contributed by atoms with E-state index in [1.54, 1.807) is 45.0 Å². The number of nitrogens with zero attached hydrogens (tertiary/aromatic N) is 3. The number of imide groups is 1. The highest BCUT2D eigenvalue weighted by molar-refractivity contribution is 5.92. The minimum atomic E-state index is -2.88. The number of rotatable bonds is 6. The second-order valence-corrected chi connectivity index (χ2v) is 10.1. The summed E-state index contributed by atoms with van der Waals surface area (Å²) in [6.45, 7) is 5.22. The van der Waals surface area contributed by atoms with Crippen molar-refractivity contribution in [2.24, 2.45) is 0 Å². The molecule has 8 nitrogen and oxygen atoms in total. The minimum Gasteiger partial charge on any atom is -0.443 e. The lowest BCUT2D eigenvalue weighted by atomic mass is 9.94. The van der Waals surface area contributed by atoms with Gasteiger partial charge in [-0.25, -0.2) is 28.2 Å². The number of halogens is 2. The number of urea groups is 1. The standard InChI is InChI=1S/C27H32F2N4O4/c1-27(2,3)37-26(36)33(21-7-5-4-6-8-21)25(35)32(17-30)14-13-18-9-11-19(12-10-18)20-15-22(23(28)29)24(34)31-16-20/h9-12,15-16,21,23H,4-8,13-14H2,1-3H3,(H,31,34). The average Bonchev–Trinajstić information content (AvgIpc) is 2.84. The van der Waals surface area contributed by atoms with Crippen molar-refractivity contribution in [3.05, 3.63) is 58.0 Å². The van der Waals surface area contributed by atoms with Crippen molar-refractivity contribution in [1.82, 2.24) is 14.8 Å². The van der Waals surface area contributed by atoms with Crippen molar-refractivity contribution in [3.8, 4) is 17.3 Å². The highest BCUT2D eigenvalue weighted by atomic mass is 19.3. The summed E-state index contributed by atoms with van der Waals surface area (Å²) in [6, 6.07) is 7.09. The summed E-state index contributed by atoms with van der Waals surface area (Å²) < 4.78 is 31.6. The predicted molar refractivity (Wildman–Crippen MR) is 134 cm³/mol. The summed E-state index contributed by atoms with van der Waals surface area (Å²) in [7, 11) is 0. The summed E-state index contributed by atoms with van der Waals surface area (Å²) in [6.07, 6.45) is 4.13. The Hall–Kier alpha value is -3.74. The van der Waals surface area contributed by atoms with Crippen LogP contribution >= 0.6 is 0 Å². The quantitative estimate of drug-likeness (QED) is 0.376. The van der Waals surface area contributed by atoms with Crippen molar-refractivity contribution in [2.75, 3.05) is 6.54 Å². The van der Waals surface area contributed by atoms with Gasteiger partial charge in [-0.2, -0.15) is 5.26 Å². The molecule has 1 aliphatic rings. The fourth-order valence-corrected chi connectivity index (χ4v) is 4.29. The number of nitriles is 1. The second-order valence-electron chi connectivity index (χ2n) is 10.1. The van der Waals surface area contributed by atoms with Crippen LogP contribution in [-0.2, 0) is 11.2 Å². The second kappa shape index (κ2) is 12.0. The van der Waals surface area contributed by atoms with Crippen LogP contribution in [0.4, 0.5) is 18.4 Å². The van der Waals surface area contributed by atoms with Gasteiger partial charge in [0.15, 0.2) is 6.19 Å². The highest BCUT2D eigenvalue weighted by Gasteiger charge is 2.36. The van der Waals surface area contributed by atoms with Crippen LogP contribution in [0.1, 0.15) is 70.4 Å². The molecule has 1 fully saturated rings. The van der Waals surface area contributed by atoms with Gasteiger partial charge in [0, 0.05) is 18.8 Å². The van der Waals surface area contributed by atoms with E-state index in [0.717, 1.165) is 40.7 Å². The normalized spacial score (nSPS) is 14.2. The molecule has 1 heterocycles.